The van der Waals surface area contributed by atoms with E-state index in [1.54, 1.807) is 31.2 Å². The van der Waals surface area contributed by atoms with E-state index in [1.807, 2.05) is 4.57 Å². The van der Waals surface area contributed by atoms with Crippen molar-refractivity contribution in [1.29, 1.82) is 0 Å². The molecule has 24 heavy (non-hydrogen) atoms. The van der Waals surface area contributed by atoms with Gasteiger partial charge in [-0.05, 0) is 25.1 Å². The molecule has 4 rings (SSSR count). The summed E-state index contributed by atoms with van der Waals surface area (Å²) in [5.74, 6) is 0.423. The zero-order chi connectivity index (χ0) is 16.8. The minimum Gasteiger partial charge on any atom is -0.360 e. The highest BCUT2D eigenvalue weighted by Crippen LogP contribution is 2.29. The van der Waals surface area contributed by atoms with E-state index in [0.29, 0.717) is 29.5 Å². The first-order valence-corrected chi connectivity index (χ1v) is 8.46. The Morgan fingerprint density at radius 1 is 1.46 bits per heavy atom. The minimum atomic E-state index is -0.383. The summed E-state index contributed by atoms with van der Waals surface area (Å²) in [7, 11) is 0. The molecule has 0 saturated heterocycles. The molecule has 1 aliphatic rings. The Balaban J connectivity index is 1.74. The van der Waals surface area contributed by atoms with E-state index >= 15 is 0 Å². The van der Waals surface area contributed by atoms with Crippen LogP contribution in [0.2, 0.25) is 0 Å². The Bertz CT molecular complexity index is 977. The first-order chi connectivity index (χ1) is 11.5. The van der Waals surface area contributed by atoms with E-state index in [0.717, 1.165) is 5.39 Å². The van der Waals surface area contributed by atoms with Gasteiger partial charge in [0.05, 0.1) is 0 Å². The van der Waals surface area contributed by atoms with Gasteiger partial charge in [-0.15, -0.1) is 0 Å². The molecular weight excluding hydrogens is 425 g/mol. The van der Waals surface area contributed by atoms with Crippen LogP contribution < -0.4 is 10.6 Å². The second kappa shape index (κ2) is 5.58. The molecule has 3 aromatic heterocycles. The summed E-state index contributed by atoms with van der Waals surface area (Å²) in [5.41, 5.74) is 1.41. The number of nitrogens with zero attached hydrogens (tertiary/aromatic N) is 3. The normalized spacial score (nSPS) is 16.8. The molecule has 4 heterocycles. The Hall–Kier alpha value is -2.43. The summed E-state index contributed by atoms with van der Waals surface area (Å²) in [4.78, 5) is 28.8. The van der Waals surface area contributed by atoms with E-state index in [1.165, 1.54) is 0 Å². The molecular formula is C15H12IN5O3. The van der Waals surface area contributed by atoms with Gasteiger partial charge in [-0.25, -0.2) is 4.98 Å². The lowest BCUT2D eigenvalue weighted by atomic mass is 10.2. The van der Waals surface area contributed by atoms with Crippen LogP contribution >= 0.6 is 22.6 Å². The third kappa shape index (κ3) is 2.44. The topological polar surface area (TPSA) is 102 Å². The third-order valence-electron chi connectivity index (χ3n) is 3.73. The van der Waals surface area contributed by atoms with E-state index < -0.39 is 0 Å². The second-order valence-corrected chi connectivity index (χ2v) is 6.87. The summed E-state index contributed by atoms with van der Waals surface area (Å²) >= 11 is 2.24. The number of aryl methyl sites for hydroxylation is 1. The van der Waals surface area contributed by atoms with Crippen LogP contribution in [0.3, 0.4) is 0 Å². The van der Waals surface area contributed by atoms with Crippen molar-refractivity contribution in [1.82, 2.24) is 20.0 Å². The van der Waals surface area contributed by atoms with Gasteiger partial charge in [-0.2, -0.15) is 0 Å². The van der Waals surface area contributed by atoms with Gasteiger partial charge in [0.25, 0.3) is 11.8 Å². The Kier molecular flexibility index (Phi) is 3.52. The van der Waals surface area contributed by atoms with Gasteiger partial charge < -0.3 is 19.7 Å². The van der Waals surface area contributed by atoms with E-state index in [-0.39, 0.29) is 21.6 Å². The van der Waals surface area contributed by atoms with Crippen molar-refractivity contribution in [3.8, 4) is 0 Å². The molecule has 0 aromatic carbocycles. The summed E-state index contributed by atoms with van der Waals surface area (Å²) in [5, 5.41) is 10.0. The fourth-order valence-corrected chi connectivity index (χ4v) is 3.43. The highest BCUT2D eigenvalue weighted by molar-refractivity contribution is 14.1. The van der Waals surface area contributed by atoms with Gasteiger partial charge in [-0.3, -0.25) is 9.59 Å². The van der Waals surface area contributed by atoms with E-state index in [9.17, 15) is 9.59 Å². The van der Waals surface area contributed by atoms with Crippen LogP contribution in [0.4, 0.5) is 5.82 Å². The zero-order valence-electron chi connectivity index (χ0n) is 12.5. The molecule has 1 atom stereocenters. The van der Waals surface area contributed by atoms with Crippen molar-refractivity contribution in [2.45, 2.75) is 11.0 Å². The second-order valence-electron chi connectivity index (χ2n) is 5.43. The van der Waals surface area contributed by atoms with Crippen molar-refractivity contribution in [2.75, 3.05) is 11.9 Å². The SMILES string of the molecule is Cc1cc(NC(=O)c2ccc3cc4n(c3n2)C(I)CNC4=O)no1. The molecule has 0 fully saturated rings. The first kappa shape index (κ1) is 15.1. The van der Waals surface area contributed by atoms with Crippen molar-refractivity contribution in [3.05, 3.63) is 41.4 Å². The Morgan fingerprint density at radius 2 is 2.29 bits per heavy atom. The summed E-state index contributed by atoms with van der Waals surface area (Å²) in [6.07, 6.45) is 0. The average molecular weight is 437 g/mol. The van der Waals surface area contributed by atoms with E-state index in [4.69, 9.17) is 4.52 Å². The molecule has 0 aliphatic carbocycles. The number of alkyl halides is 1. The molecule has 1 aliphatic heterocycles. The maximum Gasteiger partial charge on any atom is 0.275 e. The van der Waals surface area contributed by atoms with Gasteiger partial charge in [0.2, 0.25) is 0 Å². The molecule has 0 saturated carbocycles. The molecule has 0 bridgehead atoms. The molecule has 2 amide bonds. The number of halogens is 1. The lowest BCUT2D eigenvalue weighted by Gasteiger charge is -2.22. The lowest BCUT2D eigenvalue weighted by Crippen LogP contribution is -2.36. The Morgan fingerprint density at radius 3 is 3.04 bits per heavy atom. The summed E-state index contributed by atoms with van der Waals surface area (Å²) < 4.78 is 6.82. The predicted molar refractivity (Wildman–Crippen MR) is 94.3 cm³/mol. The molecule has 0 spiro atoms. The van der Waals surface area contributed by atoms with Gasteiger partial charge in [0.1, 0.15) is 26.8 Å². The summed E-state index contributed by atoms with van der Waals surface area (Å²) in [6, 6.07) is 6.82. The fourth-order valence-electron chi connectivity index (χ4n) is 2.65. The number of aromatic nitrogens is 3. The number of anilines is 1. The van der Waals surface area contributed by atoms with Crippen molar-refractivity contribution in [3.63, 3.8) is 0 Å². The zero-order valence-corrected chi connectivity index (χ0v) is 14.7. The minimum absolute atomic E-state index is 0.0387. The monoisotopic (exact) mass is 437 g/mol. The molecule has 122 valence electrons. The summed E-state index contributed by atoms with van der Waals surface area (Å²) in [6.45, 7) is 2.26. The number of carbonyl (C=O) groups excluding carboxylic acids is 2. The average Bonchev–Trinajstić information content (AvgIpc) is 3.14. The van der Waals surface area contributed by atoms with E-state index in [2.05, 4.69) is 43.4 Å². The highest BCUT2D eigenvalue weighted by atomic mass is 127. The Labute approximate surface area is 149 Å². The number of carbonyl (C=O) groups is 2. The molecule has 2 N–H and O–H groups in total. The predicted octanol–water partition coefficient (Wildman–Crippen LogP) is 2.26. The number of hydrogen-bond acceptors (Lipinski definition) is 5. The molecule has 9 heteroatoms. The van der Waals surface area contributed by atoms with Gasteiger partial charge in [0, 0.05) is 18.0 Å². The molecule has 3 aromatic rings. The maximum atomic E-state index is 12.4. The van der Waals surface area contributed by atoms with Gasteiger partial charge in [-0.1, -0.05) is 27.7 Å². The van der Waals surface area contributed by atoms with Crippen LogP contribution in [0, 0.1) is 6.92 Å². The fraction of sp³-hybridized carbons (Fsp3) is 0.200. The quantitative estimate of drug-likeness (QED) is 0.473. The van der Waals surface area contributed by atoms with Crippen LogP contribution in [0.15, 0.2) is 28.8 Å². The first-order valence-electron chi connectivity index (χ1n) is 7.22. The standard InChI is InChI=1S/C15H12IN5O3/c1-7-4-12(20-24-7)19-14(22)9-3-2-8-5-10-15(23)17-6-11(16)21(10)13(8)18-9/h2-5,11H,6H2,1H3,(H,17,23)(H,19,20,22). The number of pyridine rings is 1. The van der Waals surface area contributed by atoms with Crippen LogP contribution in [-0.4, -0.2) is 33.1 Å². The number of fused-ring (bicyclic) bond motifs is 3. The van der Waals surface area contributed by atoms with Crippen molar-refractivity contribution >= 4 is 51.3 Å². The van der Waals surface area contributed by atoms with Gasteiger partial charge >= 0.3 is 0 Å². The van der Waals surface area contributed by atoms with Gasteiger partial charge in [0.15, 0.2) is 5.82 Å². The number of amides is 2. The number of nitrogens with one attached hydrogen (secondary N) is 2. The van der Waals surface area contributed by atoms with Crippen LogP contribution in [0.25, 0.3) is 11.0 Å². The lowest BCUT2D eigenvalue weighted by molar-refractivity contribution is 0.0929. The number of hydrogen-bond donors (Lipinski definition) is 2. The maximum absolute atomic E-state index is 12.4. The third-order valence-corrected chi connectivity index (χ3v) is 4.73. The van der Waals surface area contributed by atoms with Crippen LogP contribution in [-0.2, 0) is 0 Å². The highest BCUT2D eigenvalue weighted by Gasteiger charge is 2.26. The van der Waals surface area contributed by atoms with Crippen molar-refractivity contribution < 1.29 is 14.1 Å². The molecule has 8 nitrogen and oxygen atoms in total. The number of rotatable bonds is 2. The largest absolute Gasteiger partial charge is 0.360 e. The smallest absolute Gasteiger partial charge is 0.275 e. The molecule has 0 radical (unpaired) electrons. The van der Waals surface area contributed by atoms with Crippen LogP contribution in [0.1, 0.15) is 30.8 Å². The molecule has 1 unspecified atom stereocenters. The van der Waals surface area contributed by atoms with Crippen molar-refractivity contribution in [2.24, 2.45) is 0 Å². The van der Waals surface area contributed by atoms with Crippen LogP contribution in [0.5, 0.6) is 0 Å².